The second-order valence-electron chi connectivity index (χ2n) is 5.33. The Bertz CT molecular complexity index is 447. The van der Waals surface area contributed by atoms with Gasteiger partial charge in [-0.25, -0.2) is 4.79 Å². The van der Waals surface area contributed by atoms with Gasteiger partial charge in [0.1, 0.15) is 0 Å². The summed E-state index contributed by atoms with van der Waals surface area (Å²) in [5.74, 6) is -0.841. The van der Waals surface area contributed by atoms with Crippen LogP contribution in [-0.2, 0) is 9.53 Å². The van der Waals surface area contributed by atoms with Crippen LogP contribution in [0.15, 0.2) is 0 Å². The van der Waals surface area contributed by atoms with Crippen molar-refractivity contribution in [3.8, 4) is 6.07 Å². The maximum absolute atomic E-state index is 12.4. The smallest absolute Gasteiger partial charge is 0.320 e. The van der Waals surface area contributed by atoms with Crippen molar-refractivity contribution >= 4 is 12.0 Å². The number of nitrogens with zero attached hydrogens (tertiary/aromatic N) is 3. The average molecular weight is 281 g/mol. The summed E-state index contributed by atoms with van der Waals surface area (Å²) in [6.45, 7) is 3.57. The number of rotatable bonds is 2. The minimum Gasteiger partial charge on any atom is -0.481 e. The van der Waals surface area contributed by atoms with Gasteiger partial charge in [0.2, 0.25) is 0 Å². The zero-order valence-electron chi connectivity index (χ0n) is 11.5. The molecule has 2 aliphatic heterocycles. The van der Waals surface area contributed by atoms with E-state index in [1.807, 2.05) is 13.0 Å². The highest BCUT2D eigenvalue weighted by Crippen LogP contribution is 2.34. The highest BCUT2D eigenvalue weighted by Gasteiger charge is 2.45. The lowest BCUT2D eigenvalue weighted by molar-refractivity contribution is -0.148. The van der Waals surface area contributed by atoms with Crippen LogP contribution in [-0.4, -0.2) is 65.8 Å². The van der Waals surface area contributed by atoms with Gasteiger partial charge in [-0.2, -0.15) is 5.26 Å². The van der Waals surface area contributed by atoms with Crippen molar-refractivity contribution in [3.63, 3.8) is 0 Å². The number of carbonyl (C=O) groups excluding carboxylic acids is 1. The second-order valence-corrected chi connectivity index (χ2v) is 5.33. The van der Waals surface area contributed by atoms with Crippen LogP contribution in [0.2, 0.25) is 0 Å². The maximum Gasteiger partial charge on any atom is 0.320 e. The summed E-state index contributed by atoms with van der Waals surface area (Å²) in [6.07, 6.45) is 0.401. The van der Waals surface area contributed by atoms with Gasteiger partial charge in [-0.15, -0.1) is 0 Å². The second kappa shape index (κ2) is 5.67. The van der Waals surface area contributed by atoms with Gasteiger partial charge >= 0.3 is 12.0 Å². The number of urea groups is 1. The summed E-state index contributed by atoms with van der Waals surface area (Å²) in [6, 6.07) is 1.81. The first-order valence-corrected chi connectivity index (χ1v) is 6.81. The van der Waals surface area contributed by atoms with Gasteiger partial charge in [-0.05, 0) is 12.8 Å². The van der Waals surface area contributed by atoms with E-state index in [9.17, 15) is 14.7 Å². The van der Waals surface area contributed by atoms with E-state index in [-0.39, 0.29) is 19.1 Å². The SMILES string of the molecule is CCC1(C(=O)O)CCN(C(=O)N2CCOC(C#N)C2)C1. The standard InChI is InChI=1S/C13H19N3O4/c1-2-13(11(17)18)3-4-16(9-13)12(19)15-5-6-20-10(7-14)8-15/h10H,2-6,8-9H2,1H3,(H,17,18). The molecular formula is C13H19N3O4. The molecular weight excluding hydrogens is 262 g/mol. The van der Waals surface area contributed by atoms with Gasteiger partial charge in [0.25, 0.3) is 0 Å². The number of aliphatic carboxylic acids is 1. The lowest BCUT2D eigenvalue weighted by atomic mass is 9.84. The fourth-order valence-electron chi connectivity index (χ4n) is 2.75. The van der Waals surface area contributed by atoms with Crippen molar-refractivity contribution in [2.45, 2.75) is 25.9 Å². The Kier molecular flexibility index (Phi) is 4.14. The zero-order valence-corrected chi connectivity index (χ0v) is 11.5. The van der Waals surface area contributed by atoms with Crippen LogP contribution >= 0.6 is 0 Å². The summed E-state index contributed by atoms with van der Waals surface area (Å²) < 4.78 is 5.20. The fourth-order valence-corrected chi connectivity index (χ4v) is 2.75. The van der Waals surface area contributed by atoms with Crippen molar-refractivity contribution in [1.82, 2.24) is 9.80 Å². The molecule has 0 radical (unpaired) electrons. The molecule has 110 valence electrons. The third-order valence-corrected chi connectivity index (χ3v) is 4.24. The highest BCUT2D eigenvalue weighted by atomic mass is 16.5. The quantitative estimate of drug-likeness (QED) is 0.796. The van der Waals surface area contributed by atoms with E-state index in [1.54, 1.807) is 9.80 Å². The summed E-state index contributed by atoms with van der Waals surface area (Å²) in [5, 5.41) is 18.2. The van der Waals surface area contributed by atoms with Crippen molar-refractivity contribution in [3.05, 3.63) is 0 Å². The van der Waals surface area contributed by atoms with Crippen LogP contribution in [0.3, 0.4) is 0 Å². The Morgan fingerprint density at radius 2 is 2.20 bits per heavy atom. The number of amides is 2. The molecule has 2 fully saturated rings. The largest absolute Gasteiger partial charge is 0.481 e. The topological polar surface area (TPSA) is 93.9 Å². The predicted molar refractivity (Wildman–Crippen MR) is 68.9 cm³/mol. The van der Waals surface area contributed by atoms with Gasteiger partial charge in [-0.3, -0.25) is 4.79 Å². The third-order valence-electron chi connectivity index (χ3n) is 4.24. The van der Waals surface area contributed by atoms with Gasteiger partial charge < -0.3 is 19.6 Å². The minimum absolute atomic E-state index is 0.190. The van der Waals surface area contributed by atoms with Crippen molar-refractivity contribution in [2.24, 2.45) is 5.41 Å². The Morgan fingerprint density at radius 1 is 1.45 bits per heavy atom. The number of carboxylic acid groups (broad SMARTS) is 1. The molecule has 2 rings (SSSR count). The van der Waals surface area contributed by atoms with Gasteiger partial charge in [0.15, 0.2) is 6.10 Å². The van der Waals surface area contributed by atoms with Crippen LogP contribution in [0, 0.1) is 16.7 Å². The number of nitriles is 1. The lowest BCUT2D eigenvalue weighted by Crippen LogP contribution is -2.50. The number of likely N-dealkylation sites (tertiary alicyclic amines) is 1. The van der Waals surface area contributed by atoms with Crippen LogP contribution in [0.1, 0.15) is 19.8 Å². The first-order valence-electron chi connectivity index (χ1n) is 6.81. The highest BCUT2D eigenvalue weighted by molar-refractivity contribution is 5.80. The first-order chi connectivity index (χ1) is 9.52. The molecule has 2 amide bonds. The van der Waals surface area contributed by atoms with Crippen molar-refractivity contribution < 1.29 is 19.4 Å². The van der Waals surface area contributed by atoms with Crippen LogP contribution in [0.4, 0.5) is 4.79 Å². The summed E-state index contributed by atoms with van der Waals surface area (Å²) in [5.41, 5.74) is -0.823. The number of carboxylic acids is 1. The fraction of sp³-hybridized carbons (Fsp3) is 0.769. The number of ether oxygens (including phenoxy) is 1. The lowest BCUT2D eigenvalue weighted by Gasteiger charge is -2.33. The predicted octanol–water partition coefficient (Wildman–Crippen LogP) is 0.517. The van der Waals surface area contributed by atoms with Crippen LogP contribution in [0.25, 0.3) is 0 Å². The number of hydrogen-bond acceptors (Lipinski definition) is 4. The Hall–Kier alpha value is -1.81. The van der Waals surface area contributed by atoms with E-state index in [1.165, 1.54) is 0 Å². The van der Waals surface area contributed by atoms with Gasteiger partial charge in [0.05, 0.1) is 24.6 Å². The van der Waals surface area contributed by atoms with E-state index in [0.717, 1.165) is 0 Å². The third kappa shape index (κ3) is 2.56. The zero-order chi connectivity index (χ0) is 14.8. The molecule has 0 spiro atoms. The van der Waals surface area contributed by atoms with Crippen molar-refractivity contribution in [2.75, 3.05) is 32.8 Å². The molecule has 0 bridgehead atoms. The average Bonchev–Trinajstić information content (AvgIpc) is 2.92. The maximum atomic E-state index is 12.4. The van der Waals surface area contributed by atoms with Crippen molar-refractivity contribution in [1.29, 1.82) is 5.26 Å². The molecule has 2 atom stereocenters. The monoisotopic (exact) mass is 281 g/mol. The summed E-state index contributed by atoms with van der Waals surface area (Å²) >= 11 is 0. The Morgan fingerprint density at radius 3 is 2.75 bits per heavy atom. The molecule has 2 saturated heterocycles. The summed E-state index contributed by atoms with van der Waals surface area (Å²) in [7, 11) is 0. The molecule has 2 unspecified atom stereocenters. The molecule has 1 N–H and O–H groups in total. The molecule has 0 aromatic heterocycles. The molecule has 0 aliphatic carbocycles. The molecule has 2 aliphatic rings. The minimum atomic E-state index is -0.841. The molecule has 2 heterocycles. The van der Waals surface area contributed by atoms with E-state index >= 15 is 0 Å². The van der Waals surface area contributed by atoms with Gasteiger partial charge in [-0.1, -0.05) is 6.92 Å². The molecule has 0 aromatic rings. The van der Waals surface area contributed by atoms with E-state index in [2.05, 4.69) is 0 Å². The van der Waals surface area contributed by atoms with E-state index in [4.69, 9.17) is 10.00 Å². The Labute approximate surface area is 117 Å². The first kappa shape index (κ1) is 14.6. The van der Waals surface area contributed by atoms with E-state index in [0.29, 0.717) is 32.5 Å². The number of carbonyl (C=O) groups is 2. The number of morpholine rings is 1. The molecule has 7 nitrogen and oxygen atoms in total. The molecule has 0 saturated carbocycles. The van der Waals surface area contributed by atoms with Crippen LogP contribution in [0.5, 0.6) is 0 Å². The molecule has 0 aromatic carbocycles. The Balaban J connectivity index is 2.01. The molecule has 20 heavy (non-hydrogen) atoms. The summed E-state index contributed by atoms with van der Waals surface area (Å²) in [4.78, 5) is 26.9. The van der Waals surface area contributed by atoms with E-state index < -0.39 is 17.5 Å². The molecule has 7 heteroatoms. The number of hydrogen-bond donors (Lipinski definition) is 1. The normalized spacial score (nSPS) is 30.1. The van der Waals surface area contributed by atoms with Gasteiger partial charge in [0, 0.05) is 19.6 Å². The van der Waals surface area contributed by atoms with Crippen LogP contribution < -0.4 is 0 Å².